The van der Waals surface area contributed by atoms with Crippen molar-refractivity contribution in [1.29, 1.82) is 0 Å². The van der Waals surface area contributed by atoms with Crippen LogP contribution in [0, 0.1) is 18.3 Å². The van der Waals surface area contributed by atoms with E-state index in [2.05, 4.69) is 31.7 Å². The van der Waals surface area contributed by atoms with Gasteiger partial charge < -0.3 is 15.5 Å². The van der Waals surface area contributed by atoms with Crippen molar-refractivity contribution in [2.24, 2.45) is 11.7 Å². The average molecular weight is 265 g/mol. The molecule has 108 valence electrons. The quantitative estimate of drug-likeness (QED) is 0.752. The minimum atomic E-state index is -0.528. The van der Waals surface area contributed by atoms with Gasteiger partial charge in [-0.2, -0.15) is 0 Å². The highest BCUT2D eigenvalue weighted by atomic mass is 16.2. The van der Waals surface area contributed by atoms with Gasteiger partial charge in [-0.25, -0.2) is 0 Å². The molecular formula is C15H27N3O. The van der Waals surface area contributed by atoms with Crippen LogP contribution < -0.4 is 5.73 Å². The number of piperidine rings is 1. The van der Waals surface area contributed by atoms with E-state index in [1.54, 1.807) is 0 Å². The summed E-state index contributed by atoms with van der Waals surface area (Å²) in [6.45, 7) is 7.15. The monoisotopic (exact) mass is 265 g/mol. The Balaban J connectivity index is 2.37. The molecule has 1 aliphatic rings. The summed E-state index contributed by atoms with van der Waals surface area (Å²) in [5, 5.41) is 0. The molecule has 0 aliphatic carbocycles. The Morgan fingerprint density at radius 2 is 2.05 bits per heavy atom. The molecule has 1 fully saturated rings. The number of hydrogen-bond donors (Lipinski definition) is 1. The summed E-state index contributed by atoms with van der Waals surface area (Å²) in [6.07, 6.45) is 7.65. The van der Waals surface area contributed by atoms with Crippen LogP contribution in [-0.4, -0.2) is 54.5 Å². The van der Waals surface area contributed by atoms with E-state index in [1.807, 2.05) is 4.90 Å². The molecule has 1 aliphatic heterocycles. The van der Waals surface area contributed by atoms with Gasteiger partial charge in [0.2, 0.25) is 5.91 Å². The zero-order valence-corrected chi connectivity index (χ0v) is 12.4. The third-order valence-electron chi connectivity index (χ3n) is 4.01. The Hall–Kier alpha value is -1.05. The number of amides is 1. The van der Waals surface area contributed by atoms with E-state index in [9.17, 15) is 4.79 Å². The van der Waals surface area contributed by atoms with Crippen LogP contribution in [0.25, 0.3) is 0 Å². The van der Waals surface area contributed by atoms with Gasteiger partial charge in [0.25, 0.3) is 0 Å². The fourth-order valence-corrected chi connectivity index (χ4v) is 2.40. The van der Waals surface area contributed by atoms with Crippen LogP contribution in [0.2, 0.25) is 0 Å². The molecule has 0 aromatic rings. The summed E-state index contributed by atoms with van der Waals surface area (Å²) in [6, 6.07) is 0.0450. The number of nitrogens with zero attached hydrogens (tertiary/aromatic N) is 2. The minimum Gasteiger partial charge on any atom is -0.341 e. The van der Waals surface area contributed by atoms with E-state index >= 15 is 0 Å². The molecule has 0 aromatic carbocycles. The molecule has 1 amide bonds. The van der Waals surface area contributed by atoms with Gasteiger partial charge in [-0.1, -0.05) is 0 Å². The van der Waals surface area contributed by atoms with Crippen molar-refractivity contribution in [3.05, 3.63) is 0 Å². The van der Waals surface area contributed by atoms with Crippen LogP contribution in [0.1, 0.15) is 33.1 Å². The van der Waals surface area contributed by atoms with E-state index in [0.29, 0.717) is 18.4 Å². The van der Waals surface area contributed by atoms with E-state index in [-0.39, 0.29) is 5.91 Å². The number of terminal acetylenes is 1. The van der Waals surface area contributed by atoms with Crippen molar-refractivity contribution in [3.8, 4) is 12.3 Å². The maximum atomic E-state index is 12.0. The number of carbonyl (C=O) groups excluding carboxylic acids is 1. The van der Waals surface area contributed by atoms with Gasteiger partial charge in [0.15, 0.2) is 0 Å². The summed E-state index contributed by atoms with van der Waals surface area (Å²) in [5.74, 6) is 3.14. The van der Waals surface area contributed by atoms with Crippen molar-refractivity contribution < 1.29 is 4.79 Å². The molecule has 1 saturated heterocycles. The standard InChI is InChI=1S/C15H27N3O/c1-5-6-14(16)15(19)18-9-7-13(8-10-18)11-17(4)12(2)3/h1,12-14H,6-11,16H2,2-4H3. The van der Waals surface area contributed by atoms with Gasteiger partial charge in [0.05, 0.1) is 6.04 Å². The largest absolute Gasteiger partial charge is 0.341 e. The summed E-state index contributed by atoms with van der Waals surface area (Å²) < 4.78 is 0. The average Bonchev–Trinajstić information content (AvgIpc) is 2.39. The zero-order chi connectivity index (χ0) is 14.4. The topological polar surface area (TPSA) is 49.6 Å². The fourth-order valence-electron chi connectivity index (χ4n) is 2.40. The first-order chi connectivity index (χ1) is 8.95. The first-order valence-corrected chi connectivity index (χ1v) is 7.13. The zero-order valence-electron chi connectivity index (χ0n) is 12.4. The Bertz CT molecular complexity index is 327. The maximum absolute atomic E-state index is 12.0. The first kappa shape index (κ1) is 16.0. The summed E-state index contributed by atoms with van der Waals surface area (Å²) in [5.41, 5.74) is 5.77. The van der Waals surface area contributed by atoms with Crippen LogP contribution >= 0.6 is 0 Å². The molecule has 0 bridgehead atoms. The lowest BCUT2D eigenvalue weighted by molar-refractivity contribution is -0.133. The summed E-state index contributed by atoms with van der Waals surface area (Å²) in [7, 11) is 2.16. The third-order valence-corrected chi connectivity index (χ3v) is 4.01. The highest BCUT2D eigenvalue weighted by molar-refractivity contribution is 5.82. The smallest absolute Gasteiger partial charge is 0.240 e. The van der Waals surface area contributed by atoms with Gasteiger partial charge in [0, 0.05) is 32.1 Å². The van der Waals surface area contributed by atoms with Crippen molar-refractivity contribution in [3.63, 3.8) is 0 Å². The fraction of sp³-hybridized carbons (Fsp3) is 0.800. The highest BCUT2D eigenvalue weighted by Gasteiger charge is 2.26. The van der Waals surface area contributed by atoms with Gasteiger partial charge in [0.1, 0.15) is 0 Å². The van der Waals surface area contributed by atoms with E-state index < -0.39 is 6.04 Å². The number of carbonyl (C=O) groups is 1. The van der Waals surface area contributed by atoms with Gasteiger partial charge in [-0.15, -0.1) is 12.3 Å². The van der Waals surface area contributed by atoms with Crippen LogP contribution in [0.15, 0.2) is 0 Å². The van der Waals surface area contributed by atoms with E-state index in [0.717, 1.165) is 32.5 Å². The number of likely N-dealkylation sites (tertiary alicyclic amines) is 1. The molecule has 4 heteroatoms. The minimum absolute atomic E-state index is 0.00798. The number of nitrogens with two attached hydrogens (primary N) is 1. The highest BCUT2D eigenvalue weighted by Crippen LogP contribution is 2.19. The van der Waals surface area contributed by atoms with Gasteiger partial charge in [-0.05, 0) is 39.7 Å². The van der Waals surface area contributed by atoms with E-state index in [1.165, 1.54) is 0 Å². The first-order valence-electron chi connectivity index (χ1n) is 7.13. The lowest BCUT2D eigenvalue weighted by atomic mass is 9.95. The molecular weight excluding hydrogens is 238 g/mol. The second-order valence-corrected chi connectivity index (χ2v) is 5.82. The Morgan fingerprint density at radius 1 is 1.47 bits per heavy atom. The van der Waals surface area contributed by atoms with E-state index in [4.69, 9.17) is 12.2 Å². The molecule has 0 radical (unpaired) electrons. The Labute approximate surface area is 117 Å². The maximum Gasteiger partial charge on any atom is 0.240 e. The lowest BCUT2D eigenvalue weighted by Gasteiger charge is -2.35. The summed E-state index contributed by atoms with van der Waals surface area (Å²) in [4.78, 5) is 16.3. The van der Waals surface area contributed by atoms with Crippen LogP contribution in [0.3, 0.4) is 0 Å². The molecule has 1 heterocycles. The van der Waals surface area contributed by atoms with Gasteiger partial charge in [-0.3, -0.25) is 4.79 Å². The molecule has 1 rings (SSSR count). The van der Waals surface area contributed by atoms with Crippen LogP contribution in [0.5, 0.6) is 0 Å². The molecule has 1 unspecified atom stereocenters. The number of rotatable bonds is 5. The predicted molar refractivity (Wildman–Crippen MR) is 78.5 cm³/mol. The normalized spacial score (nSPS) is 18.7. The second-order valence-electron chi connectivity index (χ2n) is 5.82. The van der Waals surface area contributed by atoms with Crippen LogP contribution in [0.4, 0.5) is 0 Å². The van der Waals surface area contributed by atoms with Gasteiger partial charge >= 0.3 is 0 Å². The molecule has 4 nitrogen and oxygen atoms in total. The molecule has 1 atom stereocenters. The Morgan fingerprint density at radius 3 is 2.53 bits per heavy atom. The van der Waals surface area contributed by atoms with Crippen molar-refractivity contribution >= 4 is 5.91 Å². The molecule has 19 heavy (non-hydrogen) atoms. The summed E-state index contributed by atoms with van der Waals surface area (Å²) >= 11 is 0. The van der Waals surface area contributed by atoms with Crippen LogP contribution in [-0.2, 0) is 4.79 Å². The SMILES string of the molecule is C#CCC(N)C(=O)N1CCC(CN(C)C(C)C)CC1. The molecule has 0 aromatic heterocycles. The second kappa shape index (κ2) is 7.52. The third kappa shape index (κ3) is 4.85. The lowest BCUT2D eigenvalue weighted by Crippen LogP contribution is -2.48. The van der Waals surface area contributed by atoms with Crippen molar-refractivity contribution in [2.45, 2.75) is 45.2 Å². The number of hydrogen-bond acceptors (Lipinski definition) is 3. The van der Waals surface area contributed by atoms with Crippen molar-refractivity contribution in [2.75, 3.05) is 26.7 Å². The van der Waals surface area contributed by atoms with Crippen molar-refractivity contribution in [1.82, 2.24) is 9.80 Å². The molecule has 0 spiro atoms. The molecule has 2 N–H and O–H groups in total. The molecule has 0 saturated carbocycles. The Kier molecular flexibility index (Phi) is 6.33. The predicted octanol–water partition coefficient (Wildman–Crippen LogP) is 0.916.